The molecule has 0 atom stereocenters. The van der Waals surface area contributed by atoms with Gasteiger partial charge in [-0.1, -0.05) is 6.08 Å². The lowest BCUT2D eigenvalue weighted by Gasteiger charge is -2.17. The van der Waals surface area contributed by atoms with E-state index < -0.39 is 0 Å². The van der Waals surface area contributed by atoms with Gasteiger partial charge in [0.2, 0.25) is 0 Å². The first-order valence-corrected chi connectivity index (χ1v) is 7.81. The number of allylic oxidation sites excluding steroid dienone is 1. The van der Waals surface area contributed by atoms with Gasteiger partial charge < -0.3 is 4.90 Å². The summed E-state index contributed by atoms with van der Waals surface area (Å²) in [4.78, 5) is 2.14. The third kappa shape index (κ3) is 2.80. The Kier molecular flexibility index (Phi) is 3.96. The van der Waals surface area contributed by atoms with Crippen molar-refractivity contribution in [2.24, 2.45) is 0 Å². The Hall–Kier alpha value is -2.21. The molecule has 21 heavy (non-hydrogen) atoms. The molecule has 0 saturated heterocycles. The van der Waals surface area contributed by atoms with E-state index in [1.54, 1.807) is 15.9 Å². The van der Waals surface area contributed by atoms with Crippen molar-refractivity contribution in [2.45, 2.75) is 12.8 Å². The Bertz CT molecular complexity index is 732. The average molecular weight is 299 g/mol. The zero-order chi connectivity index (χ0) is 14.7. The Labute approximate surface area is 127 Å². The maximum absolute atomic E-state index is 4.67. The summed E-state index contributed by atoms with van der Waals surface area (Å²) < 4.78 is 1.81. The van der Waals surface area contributed by atoms with Gasteiger partial charge in [0.25, 0.3) is 0 Å². The fourth-order valence-electron chi connectivity index (χ4n) is 2.14. The lowest BCUT2D eigenvalue weighted by molar-refractivity contribution is 0.775. The first kappa shape index (κ1) is 13.8. The summed E-state index contributed by atoms with van der Waals surface area (Å²) in [7, 11) is 2.05. The summed E-state index contributed by atoms with van der Waals surface area (Å²) in [5.41, 5.74) is 1.81. The van der Waals surface area contributed by atoms with Crippen LogP contribution in [0.3, 0.4) is 0 Å². The molecule has 0 unspecified atom stereocenters. The molecule has 3 aromatic rings. The SMILES string of the molecule is C=CCCCN(C)c1ccc2nnc(-c3ccsc3)n2n1. The van der Waals surface area contributed by atoms with Crippen LogP contribution in [-0.4, -0.2) is 33.4 Å². The minimum absolute atomic E-state index is 0.763. The van der Waals surface area contributed by atoms with E-state index in [0.717, 1.165) is 42.2 Å². The fourth-order valence-corrected chi connectivity index (χ4v) is 2.78. The number of unbranched alkanes of at least 4 members (excludes halogenated alkanes) is 1. The van der Waals surface area contributed by atoms with Gasteiger partial charge in [-0.2, -0.15) is 15.9 Å². The number of rotatable bonds is 6. The van der Waals surface area contributed by atoms with Crippen molar-refractivity contribution >= 4 is 22.8 Å². The number of aromatic nitrogens is 4. The molecular weight excluding hydrogens is 282 g/mol. The zero-order valence-electron chi connectivity index (χ0n) is 11.9. The fraction of sp³-hybridized carbons (Fsp3) is 0.267. The molecule has 0 fully saturated rings. The molecule has 0 saturated carbocycles. The van der Waals surface area contributed by atoms with Crippen molar-refractivity contribution in [1.82, 2.24) is 19.8 Å². The molecule has 3 aromatic heterocycles. The quantitative estimate of drug-likeness (QED) is 0.518. The molecule has 6 heteroatoms. The summed E-state index contributed by atoms with van der Waals surface area (Å²) in [5.74, 6) is 1.70. The van der Waals surface area contributed by atoms with E-state index in [1.807, 2.05) is 36.7 Å². The predicted octanol–water partition coefficient (Wildman–Crippen LogP) is 3.26. The van der Waals surface area contributed by atoms with Gasteiger partial charge in [0.15, 0.2) is 11.5 Å². The van der Waals surface area contributed by atoms with Gasteiger partial charge in [-0.25, -0.2) is 0 Å². The van der Waals surface area contributed by atoms with Gasteiger partial charge in [-0.3, -0.25) is 0 Å². The highest BCUT2D eigenvalue weighted by atomic mass is 32.1. The van der Waals surface area contributed by atoms with E-state index in [2.05, 4.69) is 32.2 Å². The van der Waals surface area contributed by atoms with Crippen LogP contribution in [0.1, 0.15) is 12.8 Å². The van der Waals surface area contributed by atoms with Gasteiger partial charge in [0.1, 0.15) is 5.82 Å². The van der Waals surface area contributed by atoms with E-state index in [-0.39, 0.29) is 0 Å². The summed E-state index contributed by atoms with van der Waals surface area (Å²) in [5, 5.41) is 17.2. The second kappa shape index (κ2) is 6.05. The molecule has 0 aromatic carbocycles. The van der Waals surface area contributed by atoms with Crippen molar-refractivity contribution in [1.29, 1.82) is 0 Å². The summed E-state index contributed by atoms with van der Waals surface area (Å²) in [6.07, 6.45) is 4.03. The van der Waals surface area contributed by atoms with Crippen LogP contribution in [0.5, 0.6) is 0 Å². The van der Waals surface area contributed by atoms with Crippen LogP contribution in [0.15, 0.2) is 41.6 Å². The molecule has 0 aliphatic heterocycles. The number of nitrogens with zero attached hydrogens (tertiary/aromatic N) is 5. The topological polar surface area (TPSA) is 46.3 Å². The largest absolute Gasteiger partial charge is 0.358 e. The highest BCUT2D eigenvalue weighted by Gasteiger charge is 2.11. The zero-order valence-corrected chi connectivity index (χ0v) is 12.8. The maximum atomic E-state index is 4.67. The average Bonchev–Trinajstić information content (AvgIpc) is 3.15. The first-order chi connectivity index (χ1) is 10.3. The van der Waals surface area contributed by atoms with Crippen molar-refractivity contribution < 1.29 is 0 Å². The third-order valence-corrected chi connectivity index (χ3v) is 4.00. The Balaban J connectivity index is 1.91. The highest BCUT2D eigenvalue weighted by molar-refractivity contribution is 7.08. The minimum atomic E-state index is 0.763. The molecule has 0 spiro atoms. The Morgan fingerprint density at radius 1 is 1.33 bits per heavy atom. The van der Waals surface area contributed by atoms with Crippen LogP contribution in [0.2, 0.25) is 0 Å². The smallest absolute Gasteiger partial charge is 0.186 e. The molecular formula is C15H17N5S. The molecule has 0 amide bonds. The predicted molar refractivity (Wildman–Crippen MR) is 86.8 cm³/mol. The van der Waals surface area contributed by atoms with Gasteiger partial charge >= 0.3 is 0 Å². The monoisotopic (exact) mass is 299 g/mol. The van der Waals surface area contributed by atoms with Gasteiger partial charge in [0, 0.05) is 24.5 Å². The molecule has 0 N–H and O–H groups in total. The van der Waals surface area contributed by atoms with Crippen molar-refractivity contribution in [3.05, 3.63) is 41.6 Å². The van der Waals surface area contributed by atoms with Crippen LogP contribution in [0.25, 0.3) is 17.0 Å². The number of anilines is 1. The lowest BCUT2D eigenvalue weighted by Crippen LogP contribution is -2.20. The molecule has 3 heterocycles. The van der Waals surface area contributed by atoms with Crippen molar-refractivity contribution in [2.75, 3.05) is 18.5 Å². The molecule has 0 aliphatic carbocycles. The van der Waals surface area contributed by atoms with E-state index in [1.165, 1.54) is 0 Å². The third-order valence-electron chi connectivity index (χ3n) is 3.32. The second-order valence-electron chi connectivity index (χ2n) is 4.85. The number of hydrogen-bond donors (Lipinski definition) is 0. The van der Waals surface area contributed by atoms with Crippen LogP contribution in [0.4, 0.5) is 5.82 Å². The van der Waals surface area contributed by atoms with E-state index in [4.69, 9.17) is 0 Å². The summed E-state index contributed by atoms with van der Waals surface area (Å²) >= 11 is 1.64. The standard InChI is InChI=1S/C15H17N5S/c1-3-4-5-9-19(2)14-7-6-13-16-17-15(20(13)18-14)12-8-10-21-11-12/h3,6-8,10-11H,1,4-5,9H2,2H3. The van der Waals surface area contributed by atoms with Crippen LogP contribution in [-0.2, 0) is 0 Å². The van der Waals surface area contributed by atoms with Crippen LogP contribution in [0, 0.1) is 0 Å². The highest BCUT2D eigenvalue weighted by Crippen LogP contribution is 2.21. The maximum Gasteiger partial charge on any atom is 0.186 e. The molecule has 108 valence electrons. The van der Waals surface area contributed by atoms with E-state index >= 15 is 0 Å². The molecule has 5 nitrogen and oxygen atoms in total. The lowest BCUT2D eigenvalue weighted by atomic mass is 10.3. The first-order valence-electron chi connectivity index (χ1n) is 6.86. The molecule has 3 rings (SSSR count). The van der Waals surface area contributed by atoms with Gasteiger partial charge in [-0.15, -0.1) is 21.9 Å². The molecule has 0 radical (unpaired) electrons. The van der Waals surface area contributed by atoms with E-state index in [9.17, 15) is 0 Å². The number of fused-ring (bicyclic) bond motifs is 1. The Morgan fingerprint density at radius 2 is 2.24 bits per heavy atom. The summed E-state index contributed by atoms with van der Waals surface area (Å²) in [6, 6.07) is 5.97. The van der Waals surface area contributed by atoms with Crippen molar-refractivity contribution in [3.63, 3.8) is 0 Å². The van der Waals surface area contributed by atoms with Crippen LogP contribution >= 0.6 is 11.3 Å². The normalized spacial score (nSPS) is 10.9. The number of hydrogen-bond acceptors (Lipinski definition) is 5. The van der Waals surface area contributed by atoms with Gasteiger partial charge in [-0.05, 0) is 36.4 Å². The van der Waals surface area contributed by atoms with Gasteiger partial charge in [0.05, 0.1) is 0 Å². The molecule has 0 bridgehead atoms. The molecule has 0 aliphatic rings. The second-order valence-corrected chi connectivity index (χ2v) is 5.63. The number of thiophene rings is 1. The Morgan fingerprint density at radius 3 is 3.00 bits per heavy atom. The minimum Gasteiger partial charge on any atom is -0.358 e. The van der Waals surface area contributed by atoms with Crippen LogP contribution < -0.4 is 4.90 Å². The summed E-state index contributed by atoms with van der Waals surface area (Å²) in [6.45, 7) is 4.70. The van der Waals surface area contributed by atoms with E-state index in [0.29, 0.717) is 0 Å². The van der Waals surface area contributed by atoms with Crippen molar-refractivity contribution in [3.8, 4) is 11.4 Å².